The number of halogens is 6. The van der Waals surface area contributed by atoms with Gasteiger partial charge >= 0.3 is 6.18 Å². The van der Waals surface area contributed by atoms with Crippen LogP contribution in [0.3, 0.4) is 0 Å². The molecule has 1 aliphatic rings. The minimum absolute atomic E-state index is 0.102. The fourth-order valence-electron chi connectivity index (χ4n) is 3.07. The monoisotopic (exact) mass is 545 g/mol. The SMILES string of the molecule is O=C1N/C(=N\N=C\c2ccc(-c3cc(C(F)(F)F)ccc3Cl)o2)SC1Cc1ccc(Cl)cc1Cl. The average molecular weight is 547 g/mol. The van der Waals surface area contributed by atoms with Crippen LogP contribution in [0.4, 0.5) is 13.2 Å². The summed E-state index contributed by atoms with van der Waals surface area (Å²) in [5.74, 6) is 0.157. The van der Waals surface area contributed by atoms with E-state index in [0.717, 1.165) is 23.8 Å². The molecule has 3 aromatic rings. The van der Waals surface area contributed by atoms with Crippen molar-refractivity contribution in [2.45, 2.75) is 17.8 Å². The van der Waals surface area contributed by atoms with Crippen LogP contribution in [0.5, 0.6) is 0 Å². The fraction of sp³-hybridized carbons (Fsp3) is 0.136. The summed E-state index contributed by atoms with van der Waals surface area (Å²) in [5.41, 5.74) is 0.0398. The summed E-state index contributed by atoms with van der Waals surface area (Å²) in [4.78, 5) is 12.2. The first-order valence-electron chi connectivity index (χ1n) is 9.59. The summed E-state index contributed by atoms with van der Waals surface area (Å²) in [6, 6.07) is 11.0. The Balaban J connectivity index is 1.43. The van der Waals surface area contributed by atoms with Gasteiger partial charge in [0.25, 0.3) is 0 Å². The standard InChI is InChI=1S/C22H13Cl3F3N3O2S/c23-13-3-1-11(17(25)9-13)7-19-20(32)30-21(34-19)31-29-10-14-4-6-18(33-14)15-8-12(22(26,27)28)2-5-16(15)24/h1-6,8-10,19H,7H2,(H,30,31,32)/b29-10+. The fourth-order valence-corrected chi connectivity index (χ4v) is 4.72. The normalized spacial score (nSPS) is 17.6. The van der Waals surface area contributed by atoms with Crippen LogP contribution in [0.25, 0.3) is 11.3 Å². The van der Waals surface area contributed by atoms with Crippen LogP contribution in [0, 0.1) is 0 Å². The van der Waals surface area contributed by atoms with E-state index in [1.165, 1.54) is 30.1 Å². The maximum atomic E-state index is 13.0. The molecule has 1 amide bonds. The molecule has 1 saturated heterocycles. The van der Waals surface area contributed by atoms with Crippen LogP contribution in [0.2, 0.25) is 15.1 Å². The molecule has 34 heavy (non-hydrogen) atoms. The number of carbonyl (C=O) groups is 1. The van der Waals surface area contributed by atoms with Crippen LogP contribution in [0.15, 0.2) is 63.2 Å². The molecule has 1 fully saturated rings. The van der Waals surface area contributed by atoms with Gasteiger partial charge in [0.1, 0.15) is 11.5 Å². The molecule has 1 N–H and O–H groups in total. The van der Waals surface area contributed by atoms with Gasteiger partial charge in [-0.3, -0.25) is 4.79 Å². The predicted molar refractivity (Wildman–Crippen MR) is 129 cm³/mol. The van der Waals surface area contributed by atoms with Crippen LogP contribution in [0.1, 0.15) is 16.9 Å². The minimum Gasteiger partial charge on any atom is -0.455 e. The second-order valence-corrected chi connectivity index (χ2v) is 9.52. The van der Waals surface area contributed by atoms with Gasteiger partial charge in [-0.2, -0.15) is 18.3 Å². The van der Waals surface area contributed by atoms with Crippen molar-refractivity contribution in [3.8, 4) is 11.3 Å². The van der Waals surface area contributed by atoms with E-state index < -0.39 is 17.0 Å². The summed E-state index contributed by atoms with van der Waals surface area (Å²) < 4.78 is 44.5. The van der Waals surface area contributed by atoms with Crippen molar-refractivity contribution < 1.29 is 22.4 Å². The predicted octanol–water partition coefficient (Wildman–Crippen LogP) is 7.09. The van der Waals surface area contributed by atoms with Crippen molar-refractivity contribution in [1.82, 2.24) is 5.32 Å². The first-order valence-corrected chi connectivity index (χ1v) is 11.6. The number of hydrogen-bond acceptors (Lipinski definition) is 5. The number of nitrogens with zero attached hydrogens (tertiary/aromatic N) is 2. The van der Waals surface area contributed by atoms with Gasteiger partial charge in [0.05, 0.1) is 22.1 Å². The highest BCUT2D eigenvalue weighted by molar-refractivity contribution is 8.15. The lowest BCUT2D eigenvalue weighted by molar-refractivity contribution is -0.137. The third-order valence-corrected chi connectivity index (χ3v) is 6.71. The first kappa shape index (κ1) is 24.7. The number of amides is 1. The third-order valence-electron chi connectivity index (χ3n) is 4.72. The van der Waals surface area contributed by atoms with E-state index in [-0.39, 0.29) is 28.0 Å². The van der Waals surface area contributed by atoms with Crippen molar-refractivity contribution in [2.75, 3.05) is 0 Å². The molecule has 0 saturated carbocycles. The zero-order chi connectivity index (χ0) is 24.5. The molecular formula is C22H13Cl3F3N3O2S. The maximum absolute atomic E-state index is 13.0. The van der Waals surface area contributed by atoms with E-state index >= 15 is 0 Å². The number of thioether (sulfide) groups is 1. The smallest absolute Gasteiger partial charge is 0.416 e. The number of furan rings is 1. The Morgan fingerprint density at radius 3 is 2.59 bits per heavy atom. The van der Waals surface area contributed by atoms with E-state index in [0.29, 0.717) is 21.6 Å². The molecule has 0 aliphatic carbocycles. The largest absolute Gasteiger partial charge is 0.455 e. The van der Waals surface area contributed by atoms with Crippen molar-refractivity contribution >= 4 is 63.9 Å². The Bertz CT molecular complexity index is 1310. The van der Waals surface area contributed by atoms with Gasteiger partial charge in [-0.15, -0.1) is 5.10 Å². The molecule has 176 valence electrons. The van der Waals surface area contributed by atoms with Crippen LogP contribution >= 0.6 is 46.6 Å². The Kier molecular flexibility index (Phi) is 7.28. The van der Waals surface area contributed by atoms with E-state index in [2.05, 4.69) is 15.5 Å². The number of carbonyl (C=O) groups excluding carboxylic acids is 1. The Morgan fingerprint density at radius 1 is 1.06 bits per heavy atom. The zero-order valence-corrected chi connectivity index (χ0v) is 20.0. The molecule has 0 bridgehead atoms. The topological polar surface area (TPSA) is 67.0 Å². The highest BCUT2D eigenvalue weighted by atomic mass is 35.5. The Morgan fingerprint density at radius 2 is 1.85 bits per heavy atom. The zero-order valence-electron chi connectivity index (χ0n) is 16.9. The molecule has 5 nitrogen and oxygen atoms in total. The number of hydrogen-bond donors (Lipinski definition) is 1. The molecule has 1 atom stereocenters. The van der Waals surface area contributed by atoms with Gasteiger partial charge in [0.2, 0.25) is 5.91 Å². The molecular weight excluding hydrogens is 534 g/mol. The summed E-state index contributed by atoms with van der Waals surface area (Å²) in [5, 5.41) is 11.4. The molecule has 4 rings (SSSR count). The van der Waals surface area contributed by atoms with Gasteiger partial charge in [0, 0.05) is 15.6 Å². The average Bonchev–Trinajstić information content (AvgIpc) is 3.36. The molecule has 12 heteroatoms. The maximum Gasteiger partial charge on any atom is 0.416 e. The molecule has 1 aromatic heterocycles. The lowest BCUT2D eigenvalue weighted by Gasteiger charge is -2.08. The Labute approximate surface area is 211 Å². The van der Waals surface area contributed by atoms with E-state index in [1.807, 2.05) is 0 Å². The Hall–Kier alpha value is -2.46. The van der Waals surface area contributed by atoms with Crippen molar-refractivity contribution in [1.29, 1.82) is 0 Å². The van der Waals surface area contributed by atoms with E-state index in [1.54, 1.807) is 18.2 Å². The highest BCUT2D eigenvalue weighted by Gasteiger charge is 2.32. The highest BCUT2D eigenvalue weighted by Crippen LogP contribution is 2.36. The van der Waals surface area contributed by atoms with Crippen LogP contribution in [-0.2, 0) is 17.4 Å². The number of rotatable bonds is 5. The second-order valence-electron chi connectivity index (χ2n) is 7.08. The molecule has 1 unspecified atom stereocenters. The summed E-state index contributed by atoms with van der Waals surface area (Å²) in [6.45, 7) is 0. The van der Waals surface area contributed by atoms with Crippen LogP contribution in [-0.4, -0.2) is 22.5 Å². The molecule has 0 spiro atoms. The van der Waals surface area contributed by atoms with Crippen molar-refractivity contribution in [3.63, 3.8) is 0 Å². The molecule has 0 radical (unpaired) electrons. The van der Waals surface area contributed by atoms with Gasteiger partial charge in [-0.1, -0.05) is 52.6 Å². The van der Waals surface area contributed by atoms with E-state index in [4.69, 9.17) is 39.2 Å². The van der Waals surface area contributed by atoms with Gasteiger partial charge in [-0.05, 0) is 54.4 Å². The van der Waals surface area contributed by atoms with Crippen molar-refractivity contribution in [2.24, 2.45) is 10.2 Å². The molecule has 1 aliphatic heterocycles. The molecule has 2 aromatic carbocycles. The minimum atomic E-state index is -4.51. The van der Waals surface area contributed by atoms with Gasteiger partial charge in [0.15, 0.2) is 5.17 Å². The lowest BCUT2D eigenvalue weighted by atomic mass is 10.1. The lowest BCUT2D eigenvalue weighted by Crippen LogP contribution is -2.26. The number of amidine groups is 1. The quantitative estimate of drug-likeness (QED) is 0.274. The summed E-state index contributed by atoms with van der Waals surface area (Å²) in [6.07, 6.45) is -2.85. The third kappa shape index (κ3) is 5.78. The van der Waals surface area contributed by atoms with E-state index in [9.17, 15) is 18.0 Å². The number of benzene rings is 2. The number of alkyl halides is 3. The summed E-state index contributed by atoms with van der Waals surface area (Å²) >= 11 is 19.3. The number of nitrogens with one attached hydrogen (secondary N) is 1. The van der Waals surface area contributed by atoms with Gasteiger partial charge in [-0.25, -0.2) is 0 Å². The second kappa shape index (κ2) is 10.0. The summed E-state index contributed by atoms with van der Waals surface area (Å²) in [7, 11) is 0. The molecule has 2 heterocycles. The van der Waals surface area contributed by atoms with Crippen molar-refractivity contribution in [3.05, 3.63) is 80.5 Å². The van der Waals surface area contributed by atoms with Gasteiger partial charge < -0.3 is 9.73 Å². The first-order chi connectivity index (χ1) is 16.1. The van der Waals surface area contributed by atoms with Crippen LogP contribution < -0.4 is 5.32 Å².